The van der Waals surface area contributed by atoms with Crippen LogP contribution in [0.25, 0.3) is 0 Å². The van der Waals surface area contributed by atoms with Gasteiger partial charge < -0.3 is 10.1 Å². The van der Waals surface area contributed by atoms with Crippen molar-refractivity contribution in [3.05, 3.63) is 24.3 Å². The summed E-state index contributed by atoms with van der Waals surface area (Å²) in [5.41, 5.74) is 0. The molecule has 1 aromatic rings. The van der Waals surface area contributed by atoms with Crippen molar-refractivity contribution in [3.63, 3.8) is 0 Å². The van der Waals surface area contributed by atoms with Crippen LogP contribution in [0.4, 0.5) is 13.2 Å². The SMILES string of the molecule is CC(C)Oc1ccc(S(=O)(=O)NCC(N2CCNCC2)C(F)(F)F)cc1.Cl. The van der Waals surface area contributed by atoms with Crippen LogP contribution in [0.1, 0.15) is 13.8 Å². The average Bonchev–Trinajstić information content (AvgIpc) is 2.54. The van der Waals surface area contributed by atoms with E-state index in [1.165, 1.54) is 29.2 Å². The summed E-state index contributed by atoms with van der Waals surface area (Å²) in [6.07, 6.45) is -4.59. The molecule has 2 rings (SSSR count). The minimum Gasteiger partial charge on any atom is -0.491 e. The summed E-state index contributed by atoms with van der Waals surface area (Å²) < 4.78 is 72.2. The Balaban J connectivity index is 0.00000364. The highest BCUT2D eigenvalue weighted by atomic mass is 35.5. The second kappa shape index (κ2) is 9.92. The number of halogens is 4. The molecule has 1 unspecified atom stereocenters. The first-order valence-electron chi connectivity index (χ1n) is 8.37. The Hall–Kier alpha value is -1.07. The summed E-state index contributed by atoms with van der Waals surface area (Å²) >= 11 is 0. The van der Waals surface area contributed by atoms with Gasteiger partial charge in [-0.3, -0.25) is 4.90 Å². The Kier molecular flexibility index (Phi) is 8.81. The number of benzene rings is 1. The van der Waals surface area contributed by atoms with Gasteiger partial charge in [-0.25, -0.2) is 13.1 Å². The Labute approximate surface area is 163 Å². The molecule has 0 bridgehead atoms. The van der Waals surface area contributed by atoms with Gasteiger partial charge in [0, 0.05) is 32.7 Å². The average molecular weight is 432 g/mol. The fourth-order valence-corrected chi connectivity index (χ4v) is 3.73. The van der Waals surface area contributed by atoms with Gasteiger partial charge in [0.2, 0.25) is 10.0 Å². The second-order valence-corrected chi connectivity index (χ2v) is 8.10. The predicted octanol–water partition coefficient (Wildman–Crippen LogP) is 2.01. The number of ether oxygens (including phenoxy) is 1. The minimum absolute atomic E-state index is 0. The Bertz CT molecular complexity index is 678. The van der Waals surface area contributed by atoms with E-state index >= 15 is 0 Å². The zero-order valence-corrected chi connectivity index (χ0v) is 16.8. The minimum atomic E-state index is -4.52. The third kappa shape index (κ3) is 7.11. The number of nitrogens with zero attached hydrogens (tertiary/aromatic N) is 1. The lowest BCUT2D eigenvalue weighted by molar-refractivity contribution is -0.182. The van der Waals surface area contributed by atoms with Crippen molar-refractivity contribution in [1.29, 1.82) is 0 Å². The molecule has 0 aliphatic carbocycles. The number of sulfonamides is 1. The molecular weight excluding hydrogens is 407 g/mol. The first kappa shape index (κ1) is 24.0. The van der Waals surface area contributed by atoms with Gasteiger partial charge in [-0.1, -0.05) is 0 Å². The zero-order valence-electron chi connectivity index (χ0n) is 15.1. The van der Waals surface area contributed by atoms with Crippen molar-refractivity contribution in [2.24, 2.45) is 0 Å². The molecule has 1 fully saturated rings. The smallest absolute Gasteiger partial charge is 0.405 e. The number of alkyl halides is 3. The molecule has 0 amide bonds. The lowest BCUT2D eigenvalue weighted by atomic mass is 10.2. The fraction of sp³-hybridized carbons (Fsp3) is 0.625. The van der Waals surface area contributed by atoms with Crippen LogP contribution in [0.3, 0.4) is 0 Å². The summed E-state index contributed by atoms with van der Waals surface area (Å²) in [4.78, 5) is 1.15. The molecule has 0 saturated carbocycles. The van der Waals surface area contributed by atoms with E-state index in [1.807, 2.05) is 13.8 Å². The number of hydrogen-bond donors (Lipinski definition) is 2. The number of nitrogens with one attached hydrogen (secondary N) is 2. The maximum Gasteiger partial charge on any atom is 0.405 e. The molecule has 1 heterocycles. The molecule has 1 aliphatic heterocycles. The maximum absolute atomic E-state index is 13.3. The van der Waals surface area contributed by atoms with Crippen molar-refractivity contribution in [3.8, 4) is 5.75 Å². The van der Waals surface area contributed by atoms with Crippen molar-refractivity contribution >= 4 is 22.4 Å². The summed E-state index contributed by atoms with van der Waals surface area (Å²) in [5, 5.41) is 2.98. The highest BCUT2D eigenvalue weighted by molar-refractivity contribution is 7.89. The normalized spacial score (nSPS) is 17.4. The molecule has 0 radical (unpaired) electrons. The van der Waals surface area contributed by atoms with Gasteiger partial charge in [0.25, 0.3) is 0 Å². The van der Waals surface area contributed by atoms with E-state index in [0.29, 0.717) is 18.8 Å². The van der Waals surface area contributed by atoms with Crippen LogP contribution in [-0.4, -0.2) is 64.4 Å². The van der Waals surface area contributed by atoms with Gasteiger partial charge in [-0.2, -0.15) is 13.2 Å². The zero-order chi connectivity index (χ0) is 19.4. The molecule has 1 aromatic carbocycles. The van der Waals surface area contributed by atoms with E-state index in [9.17, 15) is 21.6 Å². The fourth-order valence-electron chi connectivity index (χ4n) is 2.69. The van der Waals surface area contributed by atoms with Crippen molar-refractivity contribution < 1.29 is 26.3 Å². The molecule has 156 valence electrons. The number of piperazine rings is 1. The van der Waals surface area contributed by atoms with Gasteiger partial charge in [0.1, 0.15) is 11.8 Å². The van der Waals surface area contributed by atoms with E-state index in [0.717, 1.165) is 0 Å². The van der Waals surface area contributed by atoms with Crippen molar-refractivity contribution in [2.45, 2.75) is 37.1 Å². The molecule has 11 heteroatoms. The van der Waals surface area contributed by atoms with Crippen LogP contribution in [-0.2, 0) is 10.0 Å². The second-order valence-electron chi connectivity index (χ2n) is 6.33. The van der Waals surface area contributed by atoms with Crippen LogP contribution in [0, 0.1) is 0 Å². The monoisotopic (exact) mass is 431 g/mol. The van der Waals surface area contributed by atoms with Gasteiger partial charge in [0.05, 0.1) is 11.0 Å². The number of hydrogen-bond acceptors (Lipinski definition) is 5. The molecule has 1 aliphatic rings. The van der Waals surface area contributed by atoms with Gasteiger partial charge in [-0.15, -0.1) is 12.4 Å². The van der Waals surface area contributed by atoms with Crippen LogP contribution in [0.15, 0.2) is 29.2 Å². The lowest BCUT2D eigenvalue weighted by Crippen LogP contribution is -2.57. The molecule has 2 N–H and O–H groups in total. The first-order chi connectivity index (χ1) is 12.1. The third-order valence-corrected chi connectivity index (χ3v) is 5.38. The Morgan fingerprint density at radius 1 is 1.19 bits per heavy atom. The predicted molar refractivity (Wildman–Crippen MR) is 98.9 cm³/mol. The molecular formula is C16H25ClF3N3O3S. The lowest BCUT2D eigenvalue weighted by Gasteiger charge is -2.35. The van der Waals surface area contributed by atoms with E-state index in [-0.39, 0.29) is 36.5 Å². The quantitative estimate of drug-likeness (QED) is 0.691. The maximum atomic E-state index is 13.3. The summed E-state index contributed by atoms with van der Waals surface area (Å²) in [6, 6.07) is 3.72. The molecule has 0 aromatic heterocycles. The van der Waals surface area contributed by atoms with Crippen molar-refractivity contribution in [1.82, 2.24) is 14.9 Å². The van der Waals surface area contributed by atoms with Gasteiger partial charge >= 0.3 is 6.18 Å². The molecule has 0 spiro atoms. The molecule has 6 nitrogen and oxygen atoms in total. The third-order valence-electron chi connectivity index (χ3n) is 3.94. The van der Waals surface area contributed by atoms with E-state index < -0.39 is 28.8 Å². The largest absolute Gasteiger partial charge is 0.491 e. The molecule has 1 saturated heterocycles. The van der Waals surface area contributed by atoms with Crippen molar-refractivity contribution in [2.75, 3.05) is 32.7 Å². The van der Waals surface area contributed by atoms with Crippen LogP contribution < -0.4 is 14.8 Å². The highest BCUT2D eigenvalue weighted by Crippen LogP contribution is 2.25. The van der Waals surface area contributed by atoms with E-state index in [2.05, 4.69) is 10.0 Å². The standard InChI is InChI=1S/C16H24F3N3O3S.ClH/c1-12(2)25-13-3-5-14(6-4-13)26(23,24)21-11-15(16(17,18)19)22-9-7-20-8-10-22;/h3-6,12,15,20-21H,7-11H2,1-2H3;1H. The molecule has 27 heavy (non-hydrogen) atoms. The summed E-state index contributed by atoms with van der Waals surface area (Å²) in [7, 11) is -4.05. The van der Waals surface area contributed by atoms with Gasteiger partial charge in [-0.05, 0) is 38.1 Å². The Morgan fingerprint density at radius 2 is 1.74 bits per heavy atom. The molecule has 1 atom stereocenters. The van der Waals surface area contributed by atoms with Crippen LogP contribution in [0.5, 0.6) is 5.75 Å². The Morgan fingerprint density at radius 3 is 2.22 bits per heavy atom. The first-order valence-corrected chi connectivity index (χ1v) is 9.86. The van der Waals surface area contributed by atoms with Crippen LogP contribution in [0.2, 0.25) is 0 Å². The van der Waals surface area contributed by atoms with E-state index in [4.69, 9.17) is 4.74 Å². The summed E-state index contributed by atoms with van der Waals surface area (Å²) in [5.74, 6) is 0.493. The van der Waals surface area contributed by atoms with Gasteiger partial charge in [0.15, 0.2) is 0 Å². The van der Waals surface area contributed by atoms with Crippen LogP contribution >= 0.6 is 12.4 Å². The number of rotatable bonds is 7. The summed E-state index contributed by atoms with van der Waals surface area (Å²) in [6.45, 7) is 4.25. The van der Waals surface area contributed by atoms with E-state index in [1.54, 1.807) is 0 Å². The topological polar surface area (TPSA) is 70.7 Å². The highest BCUT2D eigenvalue weighted by Gasteiger charge is 2.44.